The molecule has 33 heavy (non-hydrogen) atoms. The van der Waals surface area contributed by atoms with E-state index in [9.17, 15) is 9.59 Å². The molecule has 1 fully saturated rings. The van der Waals surface area contributed by atoms with Gasteiger partial charge in [-0.2, -0.15) is 0 Å². The Hall–Kier alpha value is -3.09. The summed E-state index contributed by atoms with van der Waals surface area (Å²) in [5, 5.41) is 1.06. The topological polar surface area (TPSA) is 62.7 Å². The highest BCUT2D eigenvalue weighted by molar-refractivity contribution is 6.35. The van der Waals surface area contributed by atoms with E-state index in [2.05, 4.69) is 4.98 Å². The molecule has 0 N–H and O–H groups in total. The molecule has 0 saturated carbocycles. The molecule has 3 aromatic rings. The molecule has 1 aliphatic heterocycles. The Labute approximate surface area is 202 Å². The molecular formula is C25H23Cl2N3O3. The van der Waals surface area contributed by atoms with Gasteiger partial charge < -0.3 is 14.5 Å². The third-order valence-electron chi connectivity index (χ3n) is 5.51. The van der Waals surface area contributed by atoms with E-state index >= 15 is 0 Å². The van der Waals surface area contributed by atoms with E-state index in [1.54, 1.807) is 64.7 Å². The normalized spacial score (nSPS) is 14.0. The fraction of sp³-hybridized carbons (Fsp3) is 0.240. The van der Waals surface area contributed by atoms with Gasteiger partial charge in [0.05, 0.1) is 5.56 Å². The van der Waals surface area contributed by atoms with Crippen LogP contribution in [-0.4, -0.2) is 52.8 Å². The Morgan fingerprint density at radius 3 is 2.30 bits per heavy atom. The molecule has 2 heterocycles. The first-order chi connectivity index (χ1) is 16.0. The van der Waals surface area contributed by atoms with Crippen LogP contribution in [0.5, 0.6) is 5.75 Å². The fourth-order valence-corrected chi connectivity index (χ4v) is 4.20. The number of carbonyl (C=O) groups excluding carboxylic acids is 2. The molecule has 0 spiro atoms. The SMILES string of the molecule is O=C(c1ccncc1)N1CCCN(C(=O)c2ccccc2OCc2ccc(Cl)cc2Cl)CC1. The Balaban J connectivity index is 1.43. The van der Waals surface area contributed by atoms with Crippen molar-refractivity contribution in [2.75, 3.05) is 26.2 Å². The molecule has 2 amide bonds. The van der Waals surface area contributed by atoms with E-state index in [-0.39, 0.29) is 18.4 Å². The lowest BCUT2D eigenvalue weighted by atomic mass is 10.1. The average molecular weight is 484 g/mol. The number of rotatable bonds is 5. The summed E-state index contributed by atoms with van der Waals surface area (Å²) < 4.78 is 5.96. The molecule has 1 saturated heterocycles. The van der Waals surface area contributed by atoms with Crippen molar-refractivity contribution in [3.8, 4) is 5.75 Å². The Morgan fingerprint density at radius 1 is 0.879 bits per heavy atom. The van der Waals surface area contributed by atoms with Gasteiger partial charge >= 0.3 is 0 Å². The maximum Gasteiger partial charge on any atom is 0.257 e. The molecular weight excluding hydrogens is 461 g/mol. The highest BCUT2D eigenvalue weighted by Crippen LogP contribution is 2.25. The van der Waals surface area contributed by atoms with Gasteiger partial charge in [-0.05, 0) is 42.8 Å². The maximum atomic E-state index is 13.3. The quantitative estimate of drug-likeness (QED) is 0.514. The van der Waals surface area contributed by atoms with Crippen LogP contribution in [0.1, 0.15) is 32.7 Å². The summed E-state index contributed by atoms with van der Waals surface area (Å²) in [6, 6.07) is 15.8. The van der Waals surface area contributed by atoms with Crippen LogP contribution in [-0.2, 0) is 6.61 Å². The zero-order valence-electron chi connectivity index (χ0n) is 17.9. The highest BCUT2D eigenvalue weighted by Gasteiger charge is 2.25. The first-order valence-corrected chi connectivity index (χ1v) is 11.4. The molecule has 1 aliphatic rings. The number of amides is 2. The van der Waals surface area contributed by atoms with Crippen molar-refractivity contribution in [2.24, 2.45) is 0 Å². The number of halogens is 2. The van der Waals surface area contributed by atoms with Gasteiger partial charge in [0.25, 0.3) is 11.8 Å². The van der Waals surface area contributed by atoms with Crippen LogP contribution >= 0.6 is 23.2 Å². The molecule has 0 unspecified atom stereocenters. The summed E-state index contributed by atoms with van der Waals surface area (Å²) in [5.41, 5.74) is 1.87. The number of hydrogen-bond acceptors (Lipinski definition) is 4. The van der Waals surface area contributed by atoms with Crippen molar-refractivity contribution in [1.29, 1.82) is 0 Å². The minimum atomic E-state index is -0.119. The first-order valence-electron chi connectivity index (χ1n) is 10.7. The van der Waals surface area contributed by atoms with Crippen LogP contribution in [0.25, 0.3) is 0 Å². The van der Waals surface area contributed by atoms with E-state index in [0.29, 0.717) is 59.5 Å². The second kappa shape index (κ2) is 10.7. The minimum Gasteiger partial charge on any atom is -0.488 e. The van der Waals surface area contributed by atoms with Gasteiger partial charge in [-0.25, -0.2) is 0 Å². The van der Waals surface area contributed by atoms with Gasteiger partial charge in [-0.3, -0.25) is 14.6 Å². The molecule has 2 aromatic carbocycles. The highest BCUT2D eigenvalue weighted by atomic mass is 35.5. The van der Waals surface area contributed by atoms with Crippen LogP contribution in [0.15, 0.2) is 67.0 Å². The van der Waals surface area contributed by atoms with Crippen LogP contribution in [0.4, 0.5) is 0 Å². The second-order valence-electron chi connectivity index (χ2n) is 7.69. The molecule has 1 aromatic heterocycles. The third-order valence-corrected chi connectivity index (χ3v) is 6.10. The number of ether oxygens (including phenoxy) is 1. The lowest BCUT2D eigenvalue weighted by molar-refractivity contribution is 0.0716. The summed E-state index contributed by atoms with van der Waals surface area (Å²) in [7, 11) is 0. The standard InChI is InChI=1S/C25H23Cl2N3O3/c26-20-7-6-19(22(27)16-20)17-33-23-5-2-1-4-21(23)25(32)30-13-3-12-29(14-15-30)24(31)18-8-10-28-11-9-18/h1-2,4-11,16H,3,12-15,17H2. The van der Waals surface area contributed by atoms with Gasteiger partial charge in [-0.1, -0.05) is 41.4 Å². The van der Waals surface area contributed by atoms with E-state index < -0.39 is 0 Å². The predicted molar refractivity (Wildman–Crippen MR) is 128 cm³/mol. The first kappa shape index (κ1) is 23.1. The summed E-state index contributed by atoms with van der Waals surface area (Å²) in [6.07, 6.45) is 3.91. The van der Waals surface area contributed by atoms with Gasteiger partial charge in [0.1, 0.15) is 12.4 Å². The summed E-state index contributed by atoms with van der Waals surface area (Å²) in [4.78, 5) is 33.6. The Kier molecular flexibility index (Phi) is 7.47. The van der Waals surface area contributed by atoms with Crippen LogP contribution in [0.2, 0.25) is 10.0 Å². The monoisotopic (exact) mass is 483 g/mol. The zero-order valence-corrected chi connectivity index (χ0v) is 19.4. The number of nitrogens with zero attached hydrogens (tertiary/aromatic N) is 3. The van der Waals surface area contributed by atoms with Gasteiger partial charge in [0.2, 0.25) is 0 Å². The van der Waals surface area contributed by atoms with Crippen LogP contribution in [0.3, 0.4) is 0 Å². The van der Waals surface area contributed by atoms with Crippen molar-refractivity contribution in [3.63, 3.8) is 0 Å². The van der Waals surface area contributed by atoms with Crippen molar-refractivity contribution >= 4 is 35.0 Å². The van der Waals surface area contributed by atoms with Gasteiger partial charge in [0, 0.05) is 59.7 Å². The molecule has 6 nitrogen and oxygen atoms in total. The lowest BCUT2D eigenvalue weighted by Gasteiger charge is -2.23. The molecule has 0 bridgehead atoms. The van der Waals surface area contributed by atoms with Crippen molar-refractivity contribution in [2.45, 2.75) is 13.0 Å². The Bertz CT molecular complexity index is 1140. The number of aromatic nitrogens is 1. The third kappa shape index (κ3) is 5.64. The van der Waals surface area contributed by atoms with E-state index in [1.165, 1.54) is 0 Å². The average Bonchev–Trinajstić information content (AvgIpc) is 3.10. The number of hydrogen-bond donors (Lipinski definition) is 0. The van der Waals surface area contributed by atoms with Crippen LogP contribution < -0.4 is 4.74 Å². The zero-order chi connectivity index (χ0) is 23.2. The number of carbonyl (C=O) groups is 2. The second-order valence-corrected chi connectivity index (χ2v) is 8.54. The number of para-hydroxylation sites is 1. The van der Waals surface area contributed by atoms with E-state index in [0.717, 1.165) is 5.56 Å². The molecule has 0 atom stereocenters. The number of benzene rings is 2. The smallest absolute Gasteiger partial charge is 0.257 e. The molecule has 0 radical (unpaired) electrons. The van der Waals surface area contributed by atoms with Crippen molar-refractivity contribution < 1.29 is 14.3 Å². The fourth-order valence-electron chi connectivity index (χ4n) is 3.73. The molecule has 170 valence electrons. The number of pyridine rings is 1. The van der Waals surface area contributed by atoms with Gasteiger partial charge in [0.15, 0.2) is 0 Å². The lowest BCUT2D eigenvalue weighted by Crippen LogP contribution is -2.37. The predicted octanol–water partition coefficient (Wildman–Crippen LogP) is 4.96. The maximum absolute atomic E-state index is 13.3. The minimum absolute atomic E-state index is 0.0460. The van der Waals surface area contributed by atoms with Crippen molar-refractivity contribution in [1.82, 2.24) is 14.8 Å². The summed E-state index contributed by atoms with van der Waals surface area (Å²) in [6.45, 7) is 2.30. The van der Waals surface area contributed by atoms with Gasteiger partial charge in [-0.15, -0.1) is 0 Å². The van der Waals surface area contributed by atoms with E-state index in [4.69, 9.17) is 27.9 Å². The summed E-state index contributed by atoms with van der Waals surface area (Å²) in [5.74, 6) is 0.323. The molecule has 4 rings (SSSR count). The van der Waals surface area contributed by atoms with Crippen LogP contribution in [0, 0.1) is 0 Å². The summed E-state index contributed by atoms with van der Waals surface area (Å²) >= 11 is 12.2. The largest absolute Gasteiger partial charge is 0.488 e. The van der Waals surface area contributed by atoms with Crippen molar-refractivity contribution in [3.05, 3.63) is 93.7 Å². The van der Waals surface area contributed by atoms with E-state index in [1.807, 2.05) is 12.1 Å². The molecule has 0 aliphatic carbocycles. The Morgan fingerprint density at radius 2 is 1.58 bits per heavy atom. The molecule has 8 heteroatoms.